The molecule has 0 unspecified atom stereocenters. The minimum atomic E-state index is -0.625. The van der Waals surface area contributed by atoms with Crippen LogP contribution in [0.15, 0.2) is 59.5 Å². The van der Waals surface area contributed by atoms with Gasteiger partial charge in [-0.2, -0.15) is 4.39 Å². The van der Waals surface area contributed by atoms with Crippen molar-refractivity contribution >= 4 is 33.9 Å². The Bertz CT molecular complexity index is 1440. The van der Waals surface area contributed by atoms with Gasteiger partial charge in [0, 0.05) is 66.0 Å². The Morgan fingerprint density at radius 2 is 1.66 bits per heavy atom. The third-order valence-electron chi connectivity index (χ3n) is 6.76. The van der Waals surface area contributed by atoms with Crippen LogP contribution in [0.5, 0.6) is 0 Å². The molecular formula is C27H27ClFN5O. The summed E-state index contributed by atoms with van der Waals surface area (Å²) in [6.07, 6.45) is 1.46. The number of nitrogens with two attached hydrogens (primary N) is 1. The summed E-state index contributed by atoms with van der Waals surface area (Å²) in [4.78, 5) is 23.5. The van der Waals surface area contributed by atoms with E-state index in [1.165, 1.54) is 6.20 Å². The molecule has 5 rings (SSSR count). The van der Waals surface area contributed by atoms with Gasteiger partial charge in [-0.25, -0.2) is 4.98 Å². The zero-order chi connectivity index (χ0) is 24.7. The van der Waals surface area contributed by atoms with E-state index in [1.807, 2.05) is 24.3 Å². The van der Waals surface area contributed by atoms with Crippen LogP contribution >= 0.6 is 11.6 Å². The van der Waals surface area contributed by atoms with Crippen molar-refractivity contribution in [2.75, 3.05) is 36.8 Å². The number of fused-ring (bicyclic) bond motifs is 1. The van der Waals surface area contributed by atoms with Gasteiger partial charge < -0.3 is 15.6 Å². The van der Waals surface area contributed by atoms with Gasteiger partial charge in [-0.1, -0.05) is 29.8 Å². The van der Waals surface area contributed by atoms with Crippen LogP contribution < -0.4 is 16.2 Å². The summed E-state index contributed by atoms with van der Waals surface area (Å²) in [5, 5.41) is 1.49. The van der Waals surface area contributed by atoms with Crippen LogP contribution in [0.1, 0.15) is 13.8 Å². The quantitative estimate of drug-likeness (QED) is 0.385. The maximum atomic E-state index is 14.9. The van der Waals surface area contributed by atoms with Crippen molar-refractivity contribution in [2.45, 2.75) is 19.9 Å². The van der Waals surface area contributed by atoms with Crippen LogP contribution in [0.25, 0.3) is 33.0 Å². The zero-order valence-electron chi connectivity index (χ0n) is 19.7. The van der Waals surface area contributed by atoms with Gasteiger partial charge in [-0.15, -0.1) is 0 Å². The number of pyridine rings is 2. The molecule has 0 spiro atoms. The Hall–Kier alpha value is -3.42. The number of nitrogens with zero attached hydrogens (tertiary/aromatic N) is 3. The number of H-pyrrole nitrogens is 1. The first kappa shape index (κ1) is 23.3. The van der Waals surface area contributed by atoms with Crippen molar-refractivity contribution in [3.05, 3.63) is 76.1 Å². The highest BCUT2D eigenvalue weighted by atomic mass is 35.5. The van der Waals surface area contributed by atoms with E-state index >= 15 is 0 Å². The van der Waals surface area contributed by atoms with Crippen molar-refractivity contribution < 1.29 is 4.39 Å². The molecule has 8 heteroatoms. The van der Waals surface area contributed by atoms with E-state index in [9.17, 15) is 9.18 Å². The zero-order valence-corrected chi connectivity index (χ0v) is 20.4. The number of aromatic nitrogens is 2. The molecule has 0 bridgehead atoms. The predicted octanol–water partition coefficient (Wildman–Crippen LogP) is 5.16. The van der Waals surface area contributed by atoms with Crippen molar-refractivity contribution in [3.8, 4) is 22.3 Å². The van der Waals surface area contributed by atoms with Crippen molar-refractivity contribution in [1.29, 1.82) is 0 Å². The first-order valence-electron chi connectivity index (χ1n) is 11.7. The second kappa shape index (κ2) is 9.32. The minimum Gasteiger partial charge on any atom is -0.383 e. The van der Waals surface area contributed by atoms with Crippen LogP contribution in [0.2, 0.25) is 5.02 Å². The normalized spacial score (nSPS) is 14.7. The van der Waals surface area contributed by atoms with E-state index < -0.39 is 5.95 Å². The number of benzene rings is 2. The van der Waals surface area contributed by atoms with Gasteiger partial charge in [-0.3, -0.25) is 9.69 Å². The molecule has 180 valence electrons. The number of halogens is 2. The second-order valence-electron chi connectivity index (χ2n) is 9.15. The SMILES string of the molecule is CC(C)N1CCN(c2ccc(-c3cc(-c4ccc5c(=O)[nH]cc(Cl)c5c4)c(N)nc3F)cc2)CC1. The fourth-order valence-electron chi connectivity index (χ4n) is 4.68. The number of anilines is 2. The first-order valence-corrected chi connectivity index (χ1v) is 12.1. The van der Waals surface area contributed by atoms with Crippen molar-refractivity contribution in [2.24, 2.45) is 0 Å². The lowest BCUT2D eigenvalue weighted by molar-refractivity contribution is 0.209. The van der Waals surface area contributed by atoms with Gasteiger partial charge in [0.1, 0.15) is 5.82 Å². The van der Waals surface area contributed by atoms with Crippen LogP contribution in [-0.4, -0.2) is 47.1 Å². The molecule has 2 aromatic heterocycles. The third kappa shape index (κ3) is 4.49. The smallest absolute Gasteiger partial charge is 0.255 e. The molecule has 1 aliphatic heterocycles. The number of piperazine rings is 1. The van der Waals surface area contributed by atoms with Crippen LogP contribution in [0, 0.1) is 5.95 Å². The molecule has 6 nitrogen and oxygen atoms in total. The number of rotatable bonds is 4. The largest absolute Gasteiger partial charge is 0.383 e. The predicted molar refractivity (Wildman–Crippen MR) is 142 cm³/mol. The molecular weight excluding hydrogens is 465 g/mol. The molecule has 1 aliphatic rings. The molecule has 3 heterocycles. The van der Waals surface area contributed by atoms with Gasteiger partial charge in [0.05, 0.1) is 5.02 Å². The molecule has 35 heavy (non-hydrogen) atoms. The third-order valence-corrected chi connectivity index (χ3v) is 7.07. The summed E-state index contributed by atoms with van der Waals surface area (Å²) in [7, 11) is 0. The van der Waals surface area contributed by atoms with Crippen molar-refractivity contribution in [1.82, 2.24) is 14.9 Å². The second-order valence-corrected chi connectivity index (χ2v) is 9.56. The lowest BCUT2D eigenvalue weighted by Gasteiger charge is -2.38. The Balaban J connectivity index is 1.47. The van der Waals surface area contributed by atoms with E-state index in [1.54, 1.807) is 24.3 Å². The molecule has 0 atom stereocenters. The van der Waals surface area contributed by atoms with Gasteiger partial charge >= 0.3 is 0 Å². The average Bonchev–Trinajstić information content (AvgIpc) is 2.86. The first-order chi connectivity index (χ1) is 16.8. The molecule has 2 aromatic carbocycles. The monoisotopic (exact) mass is 491 g/mol. The Kier molecular flexibility index (Phi) is 6.21. The summed E-state index contributed by atoms with van der Waals surface area (Å²) >= 11 is 6.30. The number of hydrogen-bond acceptors (Lipinski definition) is 5. The molecule has 0 aliphatic carbocycles. The molecule has 0 amide bonds. The van der Waals surface area contributed by atoms with E-state index in [2.05, 4.69) is 33.6 Å². The number of aromatic amines is 1. The lowest BCUT2D eigenvalue weighted by atomic mass is 9.98. The number of nitrogens with one attached hydrogen (secondary N) is 1. The topological polar surface area (TPSA) is 78.2 Å². The Labute approximate surface area is 208 Å². The highest BCUT2D eigenvalue weighted by Crippen LogP contribution is 2.34. The highest BCUT2D eigenvalue weighted by molar-refractivity contribution is 6.35. The summed E-state index contributed by atoms with van der Waals surface area (Å²) in [5.41, 5.74) is 9.36. The summed E-state index contributed by atoms with van der Waals surface area (Å²) in [6.45, 7) is 8.43. The van der Waals surface area contributed by atoms with E-state index in [0.717, 1.165) is 37.4 Å². The molecule has 4 aromatic rings. The lowest BCUT2D eigenvalue weighted by Crippen LogP contribution is -2.48. The maximum absolute atomic E-state index is 14.9. The van der Waals surface area contributed by atoms with Crippen LogP contribution in [0.3, 0.4) is 0 Å². The molecule has 0 radical (unpaired) electrons. The maximum Gasteiger partial charge on any atom is 0.255 e. The van der Waals surface area contributed by atoms with E-state index in [-0.39, 0.29) is 11.4 Å². The van der Waals surface area contributed by atoms with Crippen LogP contribution in [-0.2, 0) is 0 Å². The fourth-order valence-corrected chi connectivity index (χ4v) is 4.89. The summed E-state index contributed by atoms with van der Waals surface area (Å²) < 4.78 is 14.9. The van der Waals surface area contributed by atoms with Crippen LogP contribution in [0.4, 0.5) is 15.9 Å². The fraction of sp³-hybridized carbons (Fsp3) is 0.259. The summed E-state index contributed by atoms with van der Waals surface area (Å²) in [6, 6.07) is 15.4. The van der Waals surface area contributed by atoms with Crippen molar-refractivity contribution in [3.63, 3.8) is 0 Å². The van der Waals surface area contributed by atoms with E-state index in [0.29, 0.717) is 38.5 Å². The number of hydrogen-bond donors (Lipinski definition) is 2. The standard InChI is InChI=1S/C27H27ClFN5O/c1-16(2)33-9-11-34(12-10-33)19-6-3-17(4-7-19)21-14-22(26(30)32-25(21)29)18-5-8-20-23(13-18)24(28)15-31-27(20)35/h3-8,13-16H,9-12H2,1-2H3,(H2,30,32)(H,31,35). The van der Waals surface area contributed by atoms with Gasteiger partial charge in [0.25, 0.3) is 5.56 Å². The average molecular weight is 492 g/mol. The number of nitrogen functional groups attached to an aromatic ring is 1. The molecule has 1 fully saturated rings. The van der Waals surface area contributed by atoms with E-state index in [4.69, 9.17) is 17.3 Å². The highest BCUT2D eigenvalue weighted by Gasteiger charge is 2.20. The molecule has 3 N–H and O–H groups in total. The molecule has 0 saturated carbocycles. The van der Waals surface area contributed by atoms with Gasteiger partial charge in [0.2, 0.25) is 5.95 Å². The molecule has 1 saturated heterocycles. The minimum absolute atomic E-state index is 0.0752. The van der Waals surface area contributed by atoms with Gasteiger partial charge in [-0.05, 0) is 55.3 Å². The summed E-state index contributed by atoms with van der Waals surface area (Å²) in [5.74, 6) is -0.550. The Morgan fingerprint density at radius 1 is 0.971 bits per heavy atom. The Morgan fingerprint density at radius 3 is 2.34 bits per heavy atom. The van der Waals surface area contributed by atoms with Gasteiger partial charge in [0.15, 0.2) is 0 Å².